The smallest absolute Gasteiger partial charge is 0.323 e. The second kappa shape index (κ2) is 25.1. The number of ether oxygens (including phenoxy) is 3. The maximum atomic E-state index is 14.8. The second-order valence-electron chi connectivity index (χ2n) is 13.0. The first kappa shape index (κ1) is 46.1. The summed E-state index contributed by atoms with van der Waals surface area (Å²) in [4.78, 5) is 26.3. The summed E-state index contributed by atoms with van der Waals surface area (Å²) in [5, 5.41) is 16.4. The Morgan fingerprint density at radius 1 is 0.824 bits per heavy atom. The van der Waals surface area contributed by atoms with Crippen LogP contribution in [0.2, 0.25) is 0 Å². The number of carbonyl (C=O) groups excluding carboxylic acids is 2. The zero-order valence-electron chi connectivity index (χ0n) is 32.5. The Kier molecular flexibility index (Phi) is 22.7. The normalized spacial score (nSPS) is 13.5. The first-order valence-corrected chi connectivity index (χ1v) is 20.7. The van der Waals surface area contributed by atoms with Gasteiger partial charge in [0.2, 0.25) is 7.44 Å². The van der Waals surface area contributed by atoms with E-state index in [2.05, 4.69) is 24.0 Å². The van der Waals surface area contributed by atoms with E-state index in [1.54, 1.807) is 6.07 Å². The zero-order valence-corrected chi connectivity index (χ0v) is 33.4. The van der Waals surface area contributed by atoms with Gasteiger partial charge in [0.15, 0.2) is 6.35 Å². The lowest BCUT2D eigenvalue weighted by Crippen LogP contribution is -2.45. The van der Waals surface area contributed by atoms with Crippen molar-refractivity contribution in [2.45, 2.75) is 131 Å². The molecular weight excluding hydrogens is 667 g/mol. The molecular formula is C39H67N4O7P. The van der Waals surface area contributed by atoms with Gasteiger partial charge in [0.05, 0.1) is 13.2 Å². The maximum Gasteiger partial charge on any atom is 0.323 e. The molecule has 51 heavy (non-hydrogen) atoms. The Morgan fingerprint density at radius 2 is 1.31 bits per heavy atom. The van der Waals surface area contributed by atoms with Gasteiger partial charge in [0.1, 0.15) is 23.6 Å². The predicted molar refractivity (Wildman–Crippen MR) is 208 cm³/mol. The molecule has 0 aliphatic heterocycles. The molecule has 2 rings (SSSR count). The molecule has 0 aliphatic rings. The lowest BCUT2D eigenvalue weighted by molar-refractivity contribution is -0.146. The van der Waals surface area contributed by atoms with Crippen LogP contribution in [0.15, 0.2) is 30.3 Å². The van der Waals surface area contributed by atoms with E-state index >= 15 is 0 Å². The third kappa shape index (κ3) is 16.5. The fourth-order valence-corrected chi connectivity index (χ4v) is 7.57. The number of benzene rings is 2. The van der Waals surface area contributed by atoms with E-state index in [1.165, 1.54) is 0 Å². The molecule has 0 aromatic heterocycles. The average Bonchev–Trinajstić information content (AvgIpc) is 3.11. The summed E-state index contributed by atoms with van der Waals surface area (Å²) in [5.41, 5.74) is 16.5. The summed E-state index contributed by atoms with van der Waals surface area (Å²) < 4.78 is 31.9. The van der Waals surface area contributed by atoms with Crippen LogP contribution in [-0.2, 0) is 30.0 Å². The fraction of sp³-hybridized carbons (Fsp3) is 0.641. The monoisotopic (exact) mass is 734 g/mol. The molecule has 0 amide bonds. The van der Waals surface area contributed by atoms with Crippen molar-refractivity contribution in [3.63, 3.8) is 0 Å². The molecule has 0 fully saturated rings. The molecule has 2 atom stereocenters. The van der Waals surface area contributed by atoms with Gasteiger partial charge in [0, 0.05) is 0 Å². The first-order chi connectivity index (χ1) is 24.4. The lowest BCUT2D eigenvalue weighted by atomic mass is 9.93. The first-order valence-electron chi connectivity index (χ1n) is 18.8. The average molecular weight is 735 g/mol. The van der Waals surface area contributed by atoms with Crippen molar-refractivity contribution in [1.29, 1.82) is 0 Å². The Balaban J connectivity index is 0.00000638. The molecule has 0 aliphatic carbocycles. The molecule has 0 radical (unpaired) electrons. The molecule has 0 saturated carbocycles. The van der Waals surface area contributed by atoms with E-state index < -0.39 is 31.5 Å². The summed E-state index contributed by atoms with van der Waals surface area (Å²) in [6, 6.07) is 7.72. The molecule has 0 saturated heterocycles. The number of rotatable bonds is 24. The summed E-state index contributed by atoms with van der Waals surface area (Å²) >= 11 is 0. The highest BCUT2D eigenvalue weighted by Gasteiger charge is 2.36. The van der Waals surface area contributed by atoms with Crippen molar-refractivity contribution in [2.24, 2.45) is 11.5 Å². The highest BCUT2D eigenvalue weighted by atomic mass is 31.2. The number of hydrogen-bond donors (Lipinski definition) is 5. The van der Waals surface area contributed by atoms with Crippen LogP contribution in [0.4, 0.5) is 0 Å². The maximum absolute atomic E-state index is 14.8. The highest BCUT2D eigenvalue weighted by molar-refractivity contribution is 7.59. The van der Waals surface area contributed by atoms with E-state index in [0.717, 1.165) is 27.8 Å². The molecule has 11 nitrogen and oxygen atoms in total. The number of carbonyl (C=O) groups is 2. The minimum absolute atomic E-state index is 0.193. The quantitative estimate of drug-likeness (QED) is 0.0414. The number of nitrogens with two attached hydrogens (primary N) is 2. The lowest BCUT2D eigenvalue weighted by Gasteiger charge is -2.29. The van der Waals surface area contributed by atoms with Crippen LogP contribution in [-0.4, -0.2) is 61.8 Å². The molecule has 2 unspecified atom stereocenters. The number of aromatic hydroxyl groups is 1. The minimum Gasteiger partial charge on any atom is -0.508 e. The van der Waals surface area contributed by atoms with Crippen molar-refractivity contribution < 1.29 is 33.5 Å². The predicted octanol–water partition coefficient (Wildman–Crippen LogP) is 7.36. The van der Waals surface area contributed by atoms with E-state index in [9.17, 15) is 19.3 Å². The van der Waals surface area contributed by atoms with Gasteiger partial charge in [-0.3, -0.25) is 14.2 Å². The Hall–Kier alpha value is -2.95. The molecule has 2 aromatic rings. The Morgan fingerprint density at radius 3 is 1.75 bits per heavy atom. The number of nitrogens with one attached hydrogen (secondary N) is 2. The van der Waals surface area contributed by atoms with Gasteiger partial charge in [0.25, 0.3) is 0 Å². The van der Waals surface area contributed by atoms with E-state index in [-0.39, 0.29) is 25.5 Å². The van der Waals surface area contributed by atoms with Crippen molar-refractivity contribution in [3.05, 3.63) is 58.1 Å². The molecule has 0 bridgehead atoms. The van der Waals surface area contributed by atoms with Crippen molar-refractivity contribution in [1.82, 2.24) is 10.2 Å². The zero-order chi connectivity index (χ0) is 38.4. The largest absolute Gasteiger partial charge is 0.508 e. The number of phenolic OH excluding ortho intramolecular Hbond substituents is 1. The van der Waals surface area contributed by atoms with Crippen molar-refractivity contribution in [3.8, 4) is 11.5 Å². The van der Waals surface area contributed by atoms with Gasteiger partial charge < -0.3 is 30.8 Å². The standard InChI is InChI=1S/C37H61N4O7P.C2H6/c1-7-19-46-36(43)33(13-9-11-17-38)40-49(45,41-34(14-10-12-18-39)37(44)47-20-8-2)25-48-30-21-27(5)32(28(6)22-30)24-29-15-16-35(42)31(23-29)26(3)4;1-2/h15-16,21-23,26,33-34,42H,7-14,17-20,24-25,38-39H2,1-6H3,(H2,40,41,45);1-2H3. The highest BCUT2D eigenvalue weighted by Crippen LogP contribution is 2.40. The summed E-state index contributed by atoms with van der Waals surface area (Å²) in [6.45, 7) is 17.3. The second-order valence-corrected chi connectivity index (χ2v) is 15.3. The van der Waals surface area contributed by atoms with Crippen LogP contribution in [0.1, 0.15) is 127 Å². The van der Waals surface area contributed by atoms with Crippen LogP contribution >= 0.6 is 7.44 Å². The van der Waals surface area contributed by atoms with Crippen LogP contribution in [0.25, 0.3) is 0 Å². The van der Waals surface area contributed by atoms with Gasteiger partial charge in [-0.1, -0.05) is 66.5 Å². The summed E-state index contributed by atoms with van der Waals surface area (Å²) in [6.07, 6.45) is 4.96. The SMILES string of the molecule is CC.CCCOC(=O)C(CCCCN)NP(=O)(COc1cc(C)c(Cc2ccc(O)c(C(C)C)c2)c(C)c1)NC(CCCCN)C(=O)OCCC. The van der Waals surface area contributed by atoms with Crippen LogP contribution in [0, 0.1) is 13.8 Å². The molecule has 0 heterocycles. The molecule has 0 spiro atoms. The Labute approximate surface area is 307 Å². The Bertz CT molecular complexity index is 1310. The number of hydrogen-bond acceptors (Lipinski definition) is 9. The number of aryl methyl sites for hydroxylation is 2. The fourth-order valence-electron chi connectivity index (χ4n) is 5.54. The molecule has 290 valence electrons. The van der Waals surface area contributed by atoms with Crippen LogP contribution in [0.3, 0.4) is 0 Å². The van der Waals surface area contributed by atoms with Crippen LogP contribution < -0.4 is 26.4 Å². The van der Waals surface area contributed by atoms with Gasteiger partial charge in [-0.05, 0) is 124 Å². The number of phenols is 1. The van der Waals surface area contributed by atoms with Gasteiger partial charge in [-0.2, -0.15) is 0 Å². The van der Waals surface area contributed by atoms with E-state index in [1.807, 2.05) is 65.8 Å². The third-order valence-corrected chi connectivity index (χ3v) is 10.2. The summed E-state index contributed by atoms with van der Waals surface area (Å²) in [5.74, 6) is -0.0286. The molecule has 2 aromatic carbocycles. The number of esters is 2. The van der Waals surface area contributed by atoms with Gasteiger partial charge >= 0.3 is 11.9 Å². The van der Waals surface area contributed by atoms with Gasteiger partial charge in [-0.15, -0.1) is 0 Å². The van der Waals surface area contributed by atoms with E-state index in [4.69, 9.17) is 25.7 Å². The molecule has 12 heteroatoms. The van der Waals surface area contributed by atoms with E-state index in [0.29, 0.717) is 82.4 Å². The third-order valence-electron chi connectivity index (χ3n) is 8.27. The van der Waals surface area contributed by atoms with Crippen molar-refractivity contribution in [2.75, 3.05) is 32.7 Å². The minimum atomic E-state index is -3.79. The van der Waals surface area contributed by atoms with Crippen LogP contribution in [0.5, 0.6) is 11.5 Å². The van der Waals surface area contributed by atoms with Gasteiger partial charge in [-0.25, -0.2) is 10.2 Å². The summed E-state index contributed by atoms with van der Waals surface area (Å²) in [7, 11) is -3.79. The van der Waals surface area contributed by atoms with Crippen molar-refractivity contribution >= 4 is 19.4 Å². The molecule has 7 N–H and O–H groups in total. The number of unbranched alkanes of at least 4 members (excludes halogenated alkanes) is 2. The topological polar surface area (TPSA) is 175 Å².